The molecule has 0 saturated heterocycles. The number of rotatable bonds is 5. The maximum Gasteiger partial charge on any atom is 0.124 e. The first-order chi connectivity index (χ1) is 8.29. The number of benzene rings is 1. The van der Waals surface area contributed by atoms with Gasteiger partial charge in [0, 0.05) is 6.20 Å². The second kappa shape index (κ2) is 5.75. The third-order valence-corrected chi connectivity index (χ3v) is 3.04. The number of nitrogens with zero attached hydrogens (tertiary/aromatic N) is 1. The Morgan fingerprint density at radius 1 is 1.41 bits per heavy atom. The van der Waals surface area contributed by atoms with Gasteiger partial charge in [0.05, 0.1) is 10.4 Å². The molecule has 3 nitrogen and oxygen atoms in total. The molecule has 2 rings (SSSR count). The van der Waals surface area contributed by atoms with Crippen LogP contribution in [0.3, 0.4) is 0 Å². The molecule has 1 aromatic carbocycles. The Morgan fingerprint density at radius 3 is 3.00 bits per heavy atom. The monoisotopic (exact) mass is 252 g/mol. The van der Waals surface area contributed by atoms with Crippen LogP contribution in [0.25, 0.3) is 0 Å². The van der Waals surface area contributed by atoms with Gasteiger partial charge in [-0.1, -0.05) is 0 Å². The van der Waals surface area contributed by atoms with Crippen LogP contribution >= 0.6 is 11.3 Å². The molecule has 0 amide bonds. The zero-order valence-corrected chi connectivity index (χ0v) is 10.0. The lowest BCUT2D eigenvalue weighted by atomic mass is 10.1. The molecule has 1 aromatic heterocycles. The lowest BCUT2D eigenvalue weighted by Crippen LogP contribution is -2.05. The van der Waals surface area contributed by atoms with Crippen molar-refractivity contribution in [2.75, 3.05) is 6.54 Å². The van der Waals surface area contributed by atoms with Crippen molar-refractivity contribution < 1.29 is 9.13 Å². The minimum Gasteiger partial charge on any atom is -0.488 e. The smallest absolute Gasteiger partial charge is 0.124 e. The van der Waals surface area contributed by atoms with Gasteiger partial charge < -0.3 is 10.5 Å². The summed E-state index contributed by atoms with van der Waals surface area (Å²) in [4.78, 5) is 5.00. The predicted molar refractivity (Wildman–Crippen MR) is 65.6 cm³/mol. The van der Waals surface area contributed by atoms with Crippen molar-refractivity contribution in [3.63, 3.8) is 0 Å². The fourth-order valence-electron chi connectivity index (χ4n) is 1.50. The summed E-state index contributed by atoms with van der Waals surface area (Å²) in [5.41, 5.74) is 8.04. The molecule has 0 saturated carbocycles. The van der Waals surface area contributed by atoms with Gasteiger partial charge in [-0.15, -0.1) is 11.3 Å². The van der Waals surface area contributed by atoms with E-state index in [0.717, 1.165) is 10.4 Å². The van der Waals surface area contributed by atoms with E-state index in [9.17, 15) is 4.39 Å². The Morgan fingerprint density at radius 2 is 2.29 bits per heavy atom. The van der Waals surface area contributed by atoms with E-state index in [1.165, 1.54) is 23.5 Å². The topological polar surface area (TPSA) is 48.1 Å². The van der Waals surface area contributed by atoms with Crippen molar-refractivity contribution in [2.45, 2.75) is 13.0 Å². The van der Waals surface area contributed by atoms with Crippen molar-refractivity contribution in [2.24, 2.45) is 5.73 Å². The molecule has 5 heteroatoms. The van der Waals surface area contributed by atoms with Gasteiger partial charge in [0.1, 0.15) is 18.2 Å². The Balaban J connectivity index is 2.08. The van der Waals surface area contributed by atoms with Crippen LogP contribution in [-0.4, -0.2) is 11.5 Å². The van der Waals surface area contributed by atoms with Crippen LogP contribution in [0.15, 0.2) is 29.9 Å². The van der Waals surface area contributed by atoms with Crippen LogP contribution in [0.5, 0.6) is 5.75 Å². The summed E-state index contributed by atoms with van der Waals surface area (Å²) in [7, 11) is 0. The van der Waals surface area contributed by atoms with Crippen molar-refractivity contribution in [1.82, 2.24) is 4.98 Å². The Hall–Kier alpha value is -1.46. The summed E-state index contributed by atoms with van der Waals surface area (Å²) in [5.74, 6) is 0.420. The Kier molecular flexibility index (Phi) is 4.06. The minimum atomic E-state index is -0.265. The number of nitrogens with two attached hydrogens (primary N) is 1. The molecule has 90 valence electrons. The molecule has 17 heavy (non-hydrogen) atoms. The third-order valence-electron chi connectivity index (χ3n) is 2.29. The first-order valence-corrected chi connectivity index (χ1v) is 6.16. The lowest BCUT2D eigenvalue weighted by molar-refractivity contribution is 0.305. The van der Waals surface area contributed by atoms with Crippen molar-refractivity contribution in [3.05, 3.63) is 46.2 Å². The van der Waals surface area contributed by atoms with E-state index >= 15 is 0 Å². The molecular weight excluding hydrogens is 239 g/mol. The van der Waals surface area contributed by atoms with E-state index < -0.39 is 0 Å². The van der Waals surface area contributed by atoms with Gasteiger partial charge in [0.2, 0.25) is 0 Å². The molecule has 0 atom stereocenters. The number of aromatic nitrogens is 1. The number of thiazole rings is 1. The van der Waals surface area contributed by atoms with Crippen LogP contribution in [0.4, 0.5) is 4.39 Å². The van der Waals surface area contributed by atoms with Gasteiger partial charge in [0.15, 0.2) is 0 Å². The minimum absolute atomic E-state index is 0.265. The van der Waals surface area contributed by atoms with Crippen molar-refractivity contribution in [3.8, 4) is 5.75 Å². The van der Waals surface area contributed by atoms with E-state index in [1.807, 2.05) is 0 Å². The van der Waals surface area contributed by atoms with Gasteiger partial charge in [-0.25, -0.2) is 4.39 Å². The number of halogens is 1. The zero-order chi connectivity index (χ0) is 12.1. The van der Waals surface area contributed by atoms with E-state index in [-0.39, 0.29) is 5.82 Å². The second-order valence-corrected chi connectivity index (χ2v) is 4.52. The number of hydrogen-bond acceptors (Lipinski definition) is 4. The largest absolute Gasteiger partial charge is 0.488 e. The summed E-state index contributed by atoms with van der Waals surface area (Å²) in [6.45, 7) is 0.925. The van der Waals surface area contributed by atoms with Crippen LogP contribution < -0.4 is 10.5 Å². The normalized spacial score (nSPS) is 10.5. The molecule has 0 fully saturated rings. The van der Waals surface area contributed by atoms with Crippen LogP contribution in [0.1, 0.15) is 10.4 Å². The highest BCUT2D eigenvalue weighted by Gasteiger charge is 2.05. The molecule has 0 aliphatic carbocycles. The fraction of sp³-hybridized carbons (Fsp3) is 0.250. The Labute approximate surface area is 103 Å². The summed E-state index contributed by atoms with van der Waals surface area (Å²) in [6.07, 6.45) is 2.37. The first-order valence-electron chi connectivity index (χ1n) is 5.28. The molecule has 1 heterocycles. The molecule has 2 aromatic rings. The van der Waals surface area contributed by atoms with Crippen LogP contribution in [0, 0.1) is 5.82 Å². The molecule has 0 aliphatic heterocycles. The lowest BCUT2D eigenvalue weighted by Gasteiger charge is -2.10. The number of hydrogen-bond donors (Lipinski definition) is 1. The van der Waals surface area contributed by atoms with Gasteiger partial charge >= 0.3 is 0 Å². The zero-order valence-electron chi connectivity index (χ0n) is 9.23. The summed E-state index contributed by atoms with van der Waals surface area (Å²) in [6, 6.07) is 4.50. The van der Waals surface area contributed by atoms with Crippen LogP contribution in [-0.2, 0) is 13.0 Å². The van der Waals surface area contributed by atoms with Crippen molar-refractivity contribution in [1.29, 1.82) is 0 Å². The third kappa shape index (κ3) is 3.25. The average Bonchev–Trinajstić information content (AvgIpc) is 2.81. The molecule has 0 spiro atoms. The van der Waals surface area contributed by atoms with Gasteiger partial charge in [-0.05, 0) is 36.7 Å². The average molecular weight is 252 g/mol. The van der Waals surface area contributed by atoms with Crippen LogP contribution in [0.2, 0.25) is 0 Å². The number of ether oxygens (including phenoxy) is 1. The van der Waals surface area contributed by atoms with Gasteiger partial charge in [-0.3, -0.25) is 4.98 Å². The Bertz CT molecular complexity index is 473. The van der Waals surface area contributed by atoms with E-state index in [4.69, 9.17) is 10.5 Å². The molecule has 0 radical (unpaired) electrons. The maximum absolute atomic E-state index is 13.1. The maximum atomic E-state index is 13.1. The fourth-order valence-corrected chi connectivity index (χ4v) is 2.01. The van der Waals surface area contributed by atoms with E-state index in [1.54, 1.807) is 17.8 Å². The van der Waals surface area contributed by atoms with Crippen molar-refractivity contribution >= 4 is 11.3 Å². The highest BCUT2D eigenvalue weighted by molar-refractivity contribution is 7.09. The predicted octanol–water partition coefficient (Wildman–Crippen LogP) is 2.36. The van der Waals surface area contributed by atoms with E-state index in [0.29, 0.717) is 25.3 Å². The second-order valence-electron chi connectivity index (χ2n) is 3.55. The SMILES string of the molecule is NCCc1cc(F)ccc1OCc1cncs1. The summed E-state index contributed by atoms with van der Waals surface area (Å²) in [5, 5.41) is 0. The van der Waals surface area contributed by atoms with Gasteiger partial charge in [0.25, 0.3) is 0 Å². The molecule has 0 bridgehead atoms. The summed E-state index contributed by atoms with van der Waals surface area (Å²) >= 11 is 1.53. The molecule has 0 unspecified atom stereocenters. The summed E-state index contributed by atoms with van der Waals surface area (Å²) < 4.78 is 18.7. The molecule has 2 N–H and O–H groups in total. The van der Waals surface area contributed by atoms with Gasteiger partial charge in [-0.2, -0.15) is 0 Å². The quantitative estimate of drug-likeness (QED) is 0.888. The molecular formula is C12H13FN2OS. The highest BCUT2D eigenvalue weighted by Crippen LogP contribution is 2.21. The standard InChI is InChI=1S/C12H13FN2OS/c13-10-1-2-12(9(5-10)3-4-14)16-7-11-6-15-8-17-11/h1-2,5-6,8H,3-4,7,14H2. The highest BCUT2D eigenvalue weighted by atomic mass is 32.1. The molecule has 0 aliphatic rings. The first kappa shape index (κ1) is 12.0. The van der Waals surface area contributed by atoms with E-state index in [2.05, 4.69) is 4.98 Å².